The number of hydrogen-bond acceptors (Lipinski definition) is 5. The van der Waals surface area contributed by atoms with Crippen LogP contribution < -0.4 is 0 Å². The maximum atomic E-state index is 11.2. The number of esters is 2. The van der Waals surface area contributed by atoms with E-state index in [1.54, 1.807) is 0 Å². The molecule has 0 unspecified atom stereocenters. The van der Waals surface area contributed by atoms with E-state index in [4.69, 9.17) is 0 Å². The Bertz CT molecular complexity index is 303. The summed E-state index contributed by atoms with van der Waals surface area (Å²) in [5.41, 5.74) is 0.277. The van der Waals surface area contributed by atoms with Crippen LogP contribution in [-0.4, -0.2) is 31.9 Å². The quantitative estimate of drug-likeness (QED) is 0.501. The lowest BCUT2D eigenvalue weighted by Crippen LogP contribution is -2.08. The number of methoxy groups -OCH3 is 2. The minimum Gasteiger partial charge on any atom is -0.469 e. The number of ketones is 1. The van der Waals surface area contributed by atoms with Crippen LogP contribution in [0.15, 0.2) is 11.6 Å². The first-order valence-corrected chi connectivity index (χ1v) is 4.84. The lowest BCUT2D eigenvalue weighted by Gasteiger charge is -2.03. The van der Waals surface area contributed by atoms with Crippen LogP contribution in [0.3, 0.4) is 0 Å². The largest absolute Gasteiger partial charge is 0.469 e. The molecule has 0 aromatic heterocycles. The SMILES string of the molecule is COC(=O)CC/C=C(\CC(C)=O)C(=O)OC. The second-order valence-corrected chi connectivity index (χ2v) is 3.21. The van der Waals surface area contributed by atoms with Crippen LogP contribution in [0, 0.1) is 0 Å². The number of hydrogen-bond donors (Lipinski definition) is 0. The van der Waals surface area contributed by atoms with Crippen LogP contribution in [0.1, 0.15) is 26.2 Å². The van der Waals surface area contributed by atoms with Crippen LogP contribution >= 0.6 is 0 Å². The van der Waals surface area contributed by atoms with Gasteiger partial charge >= 0.3 is 11.9 Å². The van der Waals surface area contributed by atoms with E-state index in [9.17, 15) is 14.4 Å². The molecule has 0 aromatic carbocycles. The van der Waals surface area contributed by atoms with Crippen LogP contribution in [-0.2, 0) is 23.9 Å². The summed E-state index contributed by atoms with van der Waals surface area (Å²) in [6, 6.07) is 0. The van der Waals surface area contributed by atoms with Gasteiger partial charge < -0.3 is 9.47 Å². The van der Waals surface area contributed by atoms with Crippen molar-refractivity contribution in [1.29, 1.82) is 0 Å². The highest BCUT2D eigenvalue weighted by atomic mass is 16.5. The lowest BCUT2D eigenvalue weighted by atomic mass is 10.1. The highest BCUT2D eigenvalue weighted by molar-refractivity contribution is 5.95. The molecule has 0 radical (unpaired) electrons. The number of Topliss-reactive ketones (excluding diaryl/α,β-unsaturated/α-hetero) is 1. The van der Waals surface area contributed by atoms with Gasteiger partial charge in [-0.2, -0.15) is 0 Å². The van der Waals surface area contributed by atoms with E-state index in [1.165, 1.54) is 27.2 Å². The Morgan fingerprint density at radius 2 is 1.75 bits per heavy atom. The maximum absolute atomic E-state index is 11.2. The van der Waals surface area contributed by atoms with E-state index in [0.29, 0.717) is 6.42 Å². The standard InChI is InChI=1S/C11H16O5/c1-8(12)7-9(11(14)16-3)5-4-6-10(13)15-2/h5H,4,6-7H2,1-3H3/b9-5+. The Morgan fingerprint density at radius 3 is 2.19 bits per heavy atom. The van der Waals surface area contributed by atoms with E-state index in [0.717, 1.165) is 0 Å². The first-order chi connectivity index (χ1) is 7.51. The Morgan fingerprint density at radius 1 is 1.12 bits per heavy atom. The fraction of sp³-hybridized carbons (Fsp3) is 0.545. The van der Waals surface area contributed by atoms with Crippen LogP contribution in [0.4, 0.5) is 0 Å². The first kappa shape index (κ1) is 14.3. The molecule has 0 saturated carbocycles. The summed E-state index contributed by atoms with van der Waals surface area (Å²) in [6.07, 6.45) is 2.08. The molecule has 0 N–H and O–H groups in total. The minimum atomic E-state index is -0.542. The molecular weight excluding hydrogens is 212 g/mol. The minimum absolute atomic E-state index is 0.0217. The number of allylic oxidation sites excluding steroid dienone is 1. The highest BCUT2D eigenvalue weighted by Crippen LogP contribution is 2.07. The number of rotatable bonds is 6. The van der Waals surface area contributed by atoms with Crippen LogP contribution in [0.25, 0.3) is 0 Å². The smallest absolute Gasteiger partial charge is 0.333 e. The van der Waals surface area contributed by atoms with Gasteiger partial charge in [-0.15, -0.1) is 0 Å². The zero-order chi connectivity index (χ0) is 12.6. The fourth-order valence-corrected chi connectivity index (χ4v) is 1.09. The Kier molecular flexibility index (Phi) is 6.83. The van der Waals surface area contributed by atoms with Crippen molar-refractivity contribution in [3.05, 3.63) is 11.6 Å². The summed E-state index contributed by atoms with van der Waals surface area (Å²) in [5, 5.41) is 0. The molecule has 0 atom stereocenters. The molecule has 0 rings (SSSR count). The van der Waals surface area contributed by atoms with Gasteiger partial charge in [0.2, 0.25) is 0 Å². The summed E-state index contributed by atoms with van der Waals surface area (Å²) in [7, 11) is 2.54. The normalized spacial score (nSPS) is 10.8. The van der Waals surface area contributed by atoms with Gasteiger partial charge in [0, 0.05) is 18.4 Å². The molecule has 0 aromatic rings. The molecule has 0 heterocycles. The summed E-state index contributed by atoms with van der Waals surface area (Å²) >= 11 is 0. The van der Waals surface area contributed by atoms with E-state index in [-0.39, 0.29) is 30.2 Å². The molecule has 5 heteroatoms. The molecule has 0 aliphatic rings. The molecule has 0 bridgehead atoms. The average Bonchev–Trinajstić information content (AvgIpc) is 2.25. The molecule has 0 amide bonds. The molecule has 0 spiro atoms. The summed E-state index contributed by atoms with van der Waals surface area (Å²) in [5.74, 6) is -1.03. The van der Waals surface area contributed by atoms with Crippen molar-refractivity contribution in [2.45, 2.75) is 26.2 Å². The number of carbonyl (C=O) groups is 3. The topological polar surface area (TPSA) is 69.7 Å². The van der Waals surface area contributed by atoms with E-state index < -0.39 is 5.97 Å². The van der Waals surface area contributed by atoms with Crippen molar-refractivity contribution in [1.82, 2.24) is 0 Å². The summed E-state index contributed by atoms with van der Waals surface area (Å²) in [6.45, 7) is 1.39. The monoisotopic (exact) mass is 228 g/mol. The molecule has 5 nitrogen and oxygen atoms in total. The molecular formula is C11H16O5. The van der Waals surface area contributed by atoms with Gasteiger partial charge in [-0.25, -0.2) is 4.79 Å². The second kappa shape index (κ2) is 7.62. The average molecular weight is 228 g/mol. The van der Waals surface area contributed by atoms with E-state index in [2.05, 4.69) is 9.47 Å². The van der Waals surface area contributed by atoms with Gasteiger partial charge in [0.1, 0.15) is 5.78 Å². The van der Waals surface area contributed by atoms with Crippen molar-refractivity contribution in [2.75, 3.05) is 14.2 Å². The lowest BCUT2D eigenvalue weighted by molar-refractivity contribution is -0.140. The predicted molar refractivity (Wildman–Crippen MR) is 56.6 cm³/mol. The van der Waals surface area contributed by atoms with Gasteiger partial charge in [0.05, 0.1) is 14.2 Å². The highest BCUT2D eigenvalue weighted by Gasteiger charge is 2.11. The van der Waals surface area contributed by atoms with Crippen molar-refractivity contribution in [3.63, 3.8) is 0 Å². The van der Waals surface area contributed by atoms with Gasteiger partial charge in [-0.3, -0.25) is 9.59 Å². The first-order valence-electron chi connectivity index (χ1n) is 4.84. The van der Waals surface area contributed by atoms with Crippen molar-refractivity contribution in [3.8, 4) is 0 Å². The Hall–Kier alpha value is -1.65. The second-order valence-electron chi connectivity index (χ2n) is 3.21. The van der Waals surface area contributed by atoms with Gasteiger partial charge in [0.15, 0.2) is 0 Å². The maximum Gasteiger partial charge on any atom is 0.333 e. The summed E-state index contributed by atoms with van der Waals surface area (Å²) in [4.78, 5) is 32.9. The molecule has 90 valence electrons. The zero-order valence-electron chi connectivity index (χ0n) is 9.74. The molecule has 0 aliphatic heterocycles. The third-order valence-corrected chi connectivity index (χ3v) is 1.85. The third-order valence-electron chi connectivity index (χ3n) is 1.85. The number of ether oxygens (including phenoxy) is 2. The molecule has 0 aliphatic carbocycles. The fourth-order valence-electron chi connectivity index (χ4n) is 1.09. The van der Waals surface area contributed by atoms with Crippen LogP contribution in [0.2, 0.25) is 0 Å². The van der Waals surface area contributed by atoms with Crippen molar-refractivity contribution < 1.29 is 23.9 Å². The Balaban J connectivity index is 4.38. The predicted octanol–water partition coefficient (Wildman–Crippen LogP) is 1.02. The molecule has 0 saturated heterocycles. The van der Waals surface area contributed by atoms with Crippen molar-refractivity contribution in [2.24, 2.45) is 0 Å². The van der Waals surface area contributed by atoms with Gasteiger partial charge in [-0.05, 0) is 13.3 Å². The van der Waals surface area contributed by atoms with Crippen molar-refractivity contribution >= 4 is 17.7 Å². The number of carbonyl (C=O) groups excluding carboxylic acids is 3. The van der Waals surface area contributed by atoms with Gasteiger partial charge in [0.25, 0.3) is 0 Å². The molecule has 0 fully saturated rings. The zero-order valence-corrected chi connectivity index (χ0v) is 9.74. The third kappa shape index (κ3) is 5.95. The van der Waals surface area contributed by atoms with E-state index in [1.807, 2.05) is 0 Å². The molecule has 16 heavy (non-hydrogen) atoms. The van der Waals surface area contributed by atoms with Crippen LogP contribution in [0.5, 0.6) is 0 Å². The summed E-state index contributed by atoms with van der Waals surface area (Å²) < 4.78 is 8.97. The Labute approximate surface area is 94.4 Å². The van der Waals surface area contributed by atoms with Gasteiger partial charge in [-0.1, -0.05) is 6.08 Å². The van der Waals surface area contributed by atoms with E-state index >= 15 is 0 Å².